The molecule has 0 aliphatic heterocycles. The minimum absolute atomic E-state index is 0.0291. The van der Waals surface area contributed by atoms with Gasteiger partial charge in [0.15, 0.2) is 0 Å². The van der Waals surface area contributed by atoms with Gasteiger partial charge in [0.05, 0.1) is 5.69 Å². The molecule has 1 nitrogen and oxygen atoms in total. The molecule has 0 atom stereocenters. The van der Waals surface area contributed by atoms with Gasteiger partial charge in [-0.15, -0.1) is 0 Å². The highest BCUT2D eigenvalue weighted by Crippen LogP contribution is 2.58. The lowest BCUT2D eigenvalue weighted by atomic mass is 9.77. The van der Waals surface area contributed by atoms with E-state index in [1.54, 1.807) is 0 Å². The summed E-state index contributed by atoms with van der Waals surface area (Å²) >= 11 is 0. The van der Waals surface area contributed by atoms with Crippen LogP contribution in [0.1, 0.15) is 75.3 Å². The molecule has 1 heteroatoms. The fourth-order valence-electron chi connectivity index (χ4n) is 5.31. The van der Waals surface area contributed by atoms with Crippen LogP contribution in [-0.2, 0) is 10.8 Å². The van der Waals surface area contributed by atoms with Gasteiger partial charge in [-0.1, -0.05) is 77.9 Å². The van der Waals surface area contributed by atoms with E-state index in [0.29, 0.717) is 5.92 Å². The van der Waals surface area contributed by atoms with Crippen LogP contribution >= 0.6 is 0 Å². The molecule has 5 rings (SSSR count). The number of hydrogen-bond donors (Lipinski definition) is 0. The van der Waals surface area contributed by atoms with E-state index in [1.165, 1.54) is 44.5 Å². The Labute approximate surface area is 162 Å². The van der Waals surface area contributed by atoms with Gasteiger partial charge >= 0.3 is 0 Å². The van der Waals surface area contributed by atoms with Crippen LogP contribution in [0.3, 0.4) is 0 Å². The van der Waals surface area contributed by atoms with E-state index >= 15 is 0 Å². The van der Waals surface area contributed by atoms with Crippen molar-refractivity contribution < 1.29 is 0 Å². The van der Waals surface area contributed by atoms with E-state index in [0.717, 1.165) is 5.69 Å². The molecular weight excluding hydrogens is 326 g/mol. The first kappa shape index (κ1) is 16.7. The molecule has 0 fully saturated rings. The SMILES string of the molecule is CC(C)c1ccc2c(c1)C(C)(C)c1ccc3c(c1-2)C(C)(C)c1cccnc1-3. The van der Waals surface area contributed by atoms with E-state index in [1.807, 2.05) is 6.20 Å². The second-order valence-electron chi connectivity index (χ2n) is 9.52. The Morgan fingerprint density at radius 3 is 2.26 bits per heavy atom. The fourth-order valence-corrected chi connectivity index (χ4v) is 5.31. The summed E-state index contributed by atoms with van der Waals surface area (Å²) in [5, 5.41) is 0. The van der Waals surface area contributed by atoms with Crippen molar-refractivity contribution in [2.45, 2.75) is 58.3 Å². The van der Waals surface area contributed by atoms with E-state index in [9.17, 15) is 0 Å². The maximum atomic E-state index is 4.75. The fraction of sp³-hybridized carbons (Fsp3) is 0.346. The van der Waals surface area contributed by atoms with E-state index < -0.39 is 0 Å². The second kappa shape index (κ2) is 5.10. The summed E-state index contributed by atoms with van der Waals surface area (Å²) in [5.41, 5.74) is 12.5. The number of aromatic nitrogens is 1. The molecule has 0 radical (unpaired) electrons. The molecule has 2 aliphatic carbocycles. The highest BCUT2D eigenvalue weighted by Gasteiger charge is 2.44. The Kier molecular flexibility index (Phi) is 3.16. The Morgan fingerprint density at radius 2 is 1.52 bits per heavy atom. The predicted molar refractivity (Wildman–Crippen MR) is 113 cm³/mol. The smallest absolute Gasteiger partial charge is 0.0746 e. The first-order chi connectivity index (χ1) is 12.7. The zero-order valence-electron chi connectivity index (χ0n) is 17.1. The van der Waals surface area contributed by atoms with Gasteiger partial charge in [-0.05, 0) is 50.9 Å². The summed E-state index contributed by atoms with van der Waals surface area (Å²) in [6.45, 7) is 14.0. The average Bonchev–Trinajstić information content (AvgIpc) is 3.02. The Hall–Kier alpha value is -2.41. The zero-order chi connectivity index (χ0) is 19.1. The number of pyridine rings is 1. The third kappa shape index (κ3) is 1.98. The van der Waals surface area contributed by atoms with Crippen molar-refractivity contribution in [1.82, 2.24) is 4.98 Å². The van der Waals surface area contributed by atoms with Gasteiger partial charge in [0.1, 0.15) is 0 Å². The molecule has 0 bridgehead atoms. The normalized spacial score (nSPS) is 17.4. The molecular formula is C26H27N. The van der Waals surface area contributed by atoms with Gasteiger partial charge in [-0.3, -0.25) is 4.98 Å². The van der Waals surface area contributed by atoms with Gasteiger partial charge in [0, 0.05) is 22.6 Å². The Balaban J connectivity index is 1.87. The quantitative estimate of drug-likeness (QED) is 0.468. The summed E-state index contributed by atoms with van der Waals surface area (Å²) in [5.74, 6) is 0.547. The third-order valence-corrected chi connectivity index (χ3v) is 6.89. The number of rotatable bonds is 1. The third-order valence-electron chi connectivity index (χ3n) is 6.89. The van der Waals surface area contributed by atoms with Crippen molar-refractivity contribution in [2.24, 2.45) is 0 Å². The lowest BCUT2D eigenvalue weighted by molar-refractivity contribution is 0.646. The van der Waals surface area contributed by atoms with E-state index in [-0.39, 0.29) is 10.8 Å². The van der Waals surface area contributed by atoms with E-state index in [4.69, 9.17) is 4.98 Å². The number of fused-ring (bicyclic) bond motifs is 7. The average molecular weight is 354 g/mol. The molecule has 0 saturated carbocycles. The zero-order valence-corrected chi connectivity index (χ0v) is 17.1. The Morgan fingerprint density at radius 1 is 0.778 bits per heavy atom. The molecule has 0 amide bonds. The van der Waals surface area contributed by atoms with Gasteiger partial charge in [-0.25, -0.2) is 0 Å². The number of benzene rings is 2. The van der Waals surface area contributed by atoms with Crippen LogP contribution in [0.15, 0.2) is 48.7 Å². The summed E-state index contributed by atoms with van der Waals surface area (Å²) < 4.78 is 0. The standard InChI is InChI=1S/C26H27N/c1-15(2)16-9-10-17-21(14-16)25(3,4)19-12-11-18-23(22(17)19)26(5,6)20-8-7-13-27-24(18)20/h7-15H,1-6H3. The maximum Gasteiger partial charge on any atom is 0.0746 e. The van der Waals surface area contributed by atoms with Crippen LogP contribution in [0, 0.1) is 0 Å². The molecule has 2 aliphatic rings. The summed E-state index contributed by atoms with van der Waals surface area (Å²) in [6, 6.07) is 16.1. The topological polar surface area (TPSA) is 12.9 Å². The van der Waals surface area contributed by atoms with Crippen LogP contribution in [0.25, 0.3) is 22.4 Å². The minimum Gasteiger partial charge on any atom is -0.256 e. The molecule has 0 spiro atoms. The van der Waals surface area contributed by atoms with Gasteiger partial charge in [0.25, 0.3) is 0 Å². The molecule has 3 aromatic rings. The van der Waals surface area contributed by atoms with Crippen molar-refractivity contribution in [3.05, 3.63) is 76.5 Å². The van der Waals surface area contributed by atoms with Gasteiger partial charge in [-0.2, -0.15) is 0 Å². The lowest BCUT2D eigenvalue weighted by Crippen LogP contribution is -2.18. The van der Waals surface area contributed by atoms with Crippen LogP contribution in [0.2, 0.25) is 0 Å². The summed E-state index contributed by atoms with van der Waals surface area (Å²) in [6.07, 6.45) is 1.92. The maximum absolute atomic E-state index is 4.75. The monoisotopic (exact) mass is 353 g/mol. The van der Waals surface area contributed by atoms with Crippen molar-refractivity contribution in [3.8, 4) is 22.4 Å². The van der Waals surface area contributed by atoms with Crippen molar-refractivity contribution in [3.63, 3.8) is 0 Å². The summed E-state index contributed by atoms with van der Waals surface area (Å²) in [4.78, 5) is 4.75. The molecule has 0 saturated heterocycles. The second-order valence-corrected chi connectivity index (χ2v) is 9.52. The molecule has 1 aromatic heterocycles. The molecule has 1 heterocycles. The highest BCUT2D eigenvalue weighted by atomic mass is 14.7. The largest absolute Gasteiger partial charge is 0.256 e. The van der Waals surface area contributed by atoms with Crippen molar-refractivity contribution in [2.75, 3.05) is 0 Å². The highest BCUT2D eigenvalue weighted by molar-refractivity contribution is 5.92. The van der Waals surface area contributed by atoms with Crippen molar-refractivity contribution >= 4 is 0 Å². The molecule has 2 aromatic carbocycles. The molecule has 27 heavy (non-hydrogen) atoms. The van der Waals surface area contributed by atoms with Gasteiger partial charge < -0.3 is 0 Å². The molecule has 136 valence electrons. The first-order valence-electron chi connectivity index (χ1n) is 10.0. The summed E-state index contributed by atoms with van der Waals surface area (Å²) in [7, 11) is 0. The Bertz CT molecular complexity index is 1100. The minimum atomic E-state index is -0.0291. The van der Waals surface area contributed by atoms with Crippen LogP contribution in [0.5, 0.6) is 0 Å². The van der Waals surface area contributed by atoms with Crippen LogP contribution < -0.4 is 0 Å². The first-order valence-corrected chi connectivity index (χ1v) is 10.0. The lowest BCUT2D eigenvalue weighted by Gasteiger charge is -2.26. The van der Waals surface area contributed by atoms with Crippen LogP contribution in [-0.4, -0.2) is 4.98 Å². The number of hydrogen-bond acceptors (Lipinski definition) is 1. The predicted octanol–water partition coefficient (Wildman–Crippen LogP) is 6.82. The number of nitrogens with zero attached hydrogens (tertiary/aromatic N) is 1. The van der Waals surface area contributed by atoms with Gasteiger partial charge in [0.2, 0.25) is 0 Å². The molecule has 0 N–H and O–H groups in total. The van der Waals surface area contributed by atoms with E-state index in [2.05, 4.69) is 84.0 Å². The van der Waals surface area contributed by atoms with Crippen LogP contribution in [0.4, 0.5) is 0 Å². The molecule has 0 unspecified atom stereocenters. The van der Waals surface area contributed by atoms with Crippen molar-refractivity contribution in [1.29, 1.82) is 0 Å².